The lowest BCUT2D eigenvalue weighted by atomic mass is 10.1. The van der Waals surface area contributed by atoms with Crippen molar-refractivity contribution in [3.8, 4) is 0 Å². The molecule has 2 rings (SSSR count). The van der Waals surface area contributed by atoms with E-state index in [-0.39, 0.29) is 30.6 Å². The minimum absolute atomic E-state index is 0.0449. The first kappa shape index (κ1) is 12.9. The second kappa shape index (κ2) is 4.96. The van der Waals surface area contributed by atoms with Crippen LogP contribution < -0.4 is 5.32 Å². The normalized spacial score (nSPS) is 25.1. The van der Waals surface area contributed by atoms with Crippen molar-refractivity contribution in [2.24, 2.45) is 5.92 Å². The maximum Gasteiger partial charge on any atom is 0.305 e. The standard InChI is InChI=1S/C12H18N2O4/c1-7(4-11(16)17)13-12(18)8-5-10(15)14(6-8)9-2-3-9/h7-9H,2-6H2,1H3,(H,13,18)(H,16,17). The molecule has 2 N–H and O–H groups in total. The first-order chi connectivity index (χ1) is 8.47. The number of carboxylic acid groups (broad SMARTS) is 1. The van der Waals surface area contributed by atoms with Crippen LogP contribution in [0.1, 0.15) is 32.6 Å². The van der Waals surface area contributed by atoms with Crippen LogP contribution in [0.15, 0.2) is 0 Å². The number of aliphatic carboxylic acids is 1. The van der Waals surface area contributed by atoms with E-state index in [1.54, 1.807) is 11.8 Å². The topological polar surface area (TPSA) is 86.7 Å². The summed E-state index contributed by atoms with van der Waals surface area (Å²) >= 11 is 0. The predicted octanol–water partition coefficient (Wildman–Crippen LogP) is -0.0233. The van der Waals surface area contributed by atoms with Gasteiger partial charge in [0.1, 0.15) is 0 Å². The molecule has 0 bridgehead atoms. The second-order valence-corrected chi connectivity index (χ2v) is 5.19. The van der Waals surface area contributed by atoms with Gasteiger partial charge >= 0.3 is 5.97 Å². The van der Waals surface area contributed by atoms with Gasteiger partial charge in [-0.05, 0) is 19.8 Å². The molecule has 1 saturated carbocycles. The van der Waals surface area contributed by atoms with Gasteiger partial charge in [0.25, 0.3) is 0 Å². The number of nitrogens with one attached hydrogen (secondary N) is 1. The van der Waals surface area contributed by atoms with E-state index < -0.39 is 12.0 Å². The molecule has 1 aliphatic carbocycles. The predicted molar refractivity (Wildman–Crippen MR) is 62.7 cm³/mol. The summed E-state index contributed by atoms with van der Waals surface area (Å²) in [6, 6.07) is -0.0631. The Morgan fingerprint density at radius 1 is 1.50 bits per heavy atom. The summed E-state index contributed by atoms with van der Waals surface area (Å²) in [7, 11) is 0. The van der Waals surface area contributed by atoms with Crippen LogP contribution >= 0.6 is 0 Å². The zero-order valence-electron chi connectivity index (χ0n) is 10.4. The Balaban J connectivity index is 1.83. The van der Waals surface area contributed by atoms with Crippen LogP contribution in [0.3, 0.4) is 0 Å². The van der Waals surface area contributed by atoms with Crippen molar-refractivity contribution in [2.45, 2.75) is 44.7 Å². The van der Waals surface area contributed by atoms with Crippen LogP contribution in [-0.4, -0.2) is 46.4 Å². The Bertz CT molecular complexity index is 378. The molecule has 0 aromatic carbocycles. The molecule has 2 fully saturated rings. The number of rotatable bonds is 5. The molecule has 0 radical (unpaired) electrons. The third kappa shape index (κ3) is 3.00. The van der Waals surface area contributed by atoms with Crippen molar-refractivity contribution >= 4 is 17.8 Å². The highest BCUT2D eigenvalue weighted by Crippen LogP contribution is 2.32. The second-order valence-electron chi connectivity index (χ2n) is 5.19. The van der Waals surface area contributed by atoms with E-state index in [4.69, 9.17) is 5.11 Å². The molecule has 6 nitrogen and oxygen atoms in total. The maximum absolute atomic E-state index is 11.9. The van der Waals surface area contributed by atoms with Crippen LogP contribution in [0.25, 0.3) is 0 Å². The molecule has 1 aliphatic heterocycles. The van der Waals surface area contributed by atoms with Crippen molar-refractivity contribution in [3.63, 3.8) is 0 Å². The van der Waals surface area contributed by atoms with Crippen molar-refractivity contribution in [2.75, 3.05) is 6.54 Å². The van der Waals surface area contributed by atoms with Gasteiger partial charge in [-0.25, -0.2) is 0 Å². The molecule has 0 aromatic rings. The summed E-state index contributed by atoms with van der Waals surface area (Å²) in [6.07, 6.45) is 2.23. The minimum Gasteiger partial charge on any atom is -0.481 e. The SMILES string of the molecule is CC(CC(=O)O)NC(=O)C1CC(=O)N(C2CC2)C1. The van der Waals surface area contributed by atoms with E-state index in [1.807, 2.05) is 0 Å². The molecule has 1 heterocycles. The summed E-state index contributed by atoms with van der Waals surface area (Å²) in [5.41, 5.74) is 0. The number of hydrogen-bond donors (Lipinski definition) is 2. The van der Waals surface area contributed by atoms with E-state index in [0.29, 0.717) is 12.6 Å². The van der Waals surface area contributed by atoms with E-state index in [0.717, 1.165) is 12.8 Å². The average Bonchev–Trinajstić information content (AvgIpc) is 3.00. The Morgan fingerprint density at radius 2 is 2.17 bits per heavy atom. The van der Waals surface area contributed by atoms with Crippen LogP contribution in [0, 0.1) is 5.92 Å². The average molecular weight is 254 g/mol. The molecule has 2 aliphatic rings. The molecular weight excluding hydrogens is 236 g/mol. The number of likely N-dealkylation sites (tertiary alicyclic amines) is 1. The number of hydrogen-bond acceptors (Lipinski definition) is 3. The number of carbonyl (C=O) groups is 3. The summed E-state index contributed by atoms with van der Waals surface area (Å²) in [5, 5.41) is 11.3. The van der Waals surface area contributed by atoms with Gasteiger partial charge in [-0.3, -0.25) is 14.4 Å². The molecule has 0 aromatic heterocycles. The first-order valence-electron chi connectivity index (χ1n) is 6.29. The summed E-state index contributed by atoms with van der Waals surface area (Å²) in [4.78, 5) is 35.9. The molecular formula is C12H18N2O4. The number of nitrogens with zero attached hydrogens (tertiary/aromatic N) is 1. The van der Waals surface area contributed by atoms with Crippen LogP contribution in [0.2, 0.25) is 0 Å². The fraction of sp³-hybridized carbons (Fsp3) is 0.750. The smallest absolute Gasteiger partial charge is 0.305 e. The van der Waals surface area contributed by atoms with Gasteiger partial charge in [0.05, 0.1) is 12.3 Å². The number of carboxylic acids is 1. The van der Waals surface area contributed by atoms with Crippen LogP contribution in [-0.2, 0) is 14.4 Å². The molecule has 100 valence electrons. The monoisotopic (exact) mass is 254 g/mol. The van der Waals surface area contributed by atoms with Gasteiger partial charge in [0.2, 0.25) is 11.8 Å². The molecule has 6 heteroatoms. The molecule has 2 atom stereocenters. The van der Waals surface area contributed by atoms with Gasteiger partial charge in [0.15, 0.2) is 0 Å². The summed E-state index contributed by atoms with van der Waals surface area (Å²) in [6.45, 7) is 2.14. The van der Waals surface area contributed by atoms with Crippen molar-refractivity contribution in [1.29, 1.82) is 0 Å². The lowest BCUT2D eigenvalue weighted by Crippen LogP contribution is -2.39. The van der Waals surface area contributed by atoms with Crippen molar-refractivity contribution in [1.82, 2.24) is 10.2 Å². The number of carbonyl (C=O) groups excluding carboxylic acids is 2. The van der Waals surface area contributed by atoms with Gasteiger partial charge in [-0.15, -0.1) is 0 Å². The summed E-state index contributed by atoms with van der Waals surface area (Å²) in [5.74, 6) is -1.43. The van der Waals surface area contributed by atoms with E-state index >= 15 is 0 Å². The first-order valence-corrected chi connectivity index (χ1v) is 6.29. The molecule has 1 saturated heterocycles. The third-order valence-corrected chi connectivity index (χ3v) is 3.39. The Labute approximate surface area is 105 Å². The van der Waals surface area contributed by atoms with Crippen LogP contribution in [0.5, 0.6) is 0 Å². The highest BCUT2D eigenvalue weighted by Gasteiger charge is 2.41. The highest BCUT2D eigenvalue weighted by atomic mass is 16.4. The van der Waals surface area contributed by atoms with Gasteiger partial charge in [-0.2, -0.15) is 0 Å². The Kier molecular flexibility index (Phi) is 3.54. The van der Waals surface area contributed by atoms with Crippen molar-refractivity contribution < 1.29 is 19.5 Å². The highest BCUT2D eigenvalue weighted by molar-refractivity contribution is 5.89. The molecule has 2 amide bonds. The minimum atomic E-state index is -0.940. The lowest BCUT2D eigenvalue weighted by Gasteiger charge is -2.17. The lowest BCUT2D eigenvalue weighted by molar-refractivity contribution is -0.137. The molecule has 0 spiro atoms. The fourth-order valence-electron chi connectivity index (χ4n) is 2.32. The van der Waals surface area contributed by atoms with E-state index in [1.165, 1.54) is 0 Å². The van der Waals surface area contributed by atoms with E-state index in [2.05, 4.69) is 5.32 Å². The molecule has 18 heavy (non-hydrogen) atoms. The third-order valence-electron chi connectivity index (χ3n) is 3.39. The zero-order valence-corrected chi connectivity index (χ0v) is 10.4. The fourth-order valence-corrected chi connectivity index (χ4v) is 2.32. The maximum atomic E-state index is 11.9. The quantitative estimate of drug-likeness (QED) is 0.721. The van der Waals surface area contributed by atoms with E-state index in [9.17, 15) is 14.4 Å². The Hall–Kier alpha value is -1.59. The largest absolute Gasteiger partial charge is 0.481 e. The zero-order chi connectivity index (χ0) is 13.3. The summed E-state index contributed by atoms with van der Waals surface area (Å²) < 4.78 is 0. The number of amides is 2. The van der Waals surface area contributed by atoms with Crippen molar-refractivity contribution in [3.05, 3.63) is 0 Å². The van der Waals surface area contributed by atoms with Gasteiger partial charge in [0, 0.05) is 25.0 Å². The van der Waals surface area contributed by atoms with Gasteiger partial charge < -0.3 is 15.3 Å². The molecule has 2 unspecified atom stereocenters. The van der Waals surface area contributed by atoms with Gasteiger partial charge in [-0.1, -0.05) is 0 Å². The Morgan fingerprint density at radius 3 is 2.72 bits per heavy atom. The van der Waals surface area contributed by atoms with Crippen LogP contribution in [0.4, 0.5) is 0 Å².